The fourth-order valence-corrected chi connectivity index (χ4v) is 1.30. The minimum atomic E-state index is -0.373. The van der Waals surface area contributed by atoms with Gasteiger partial charge in [0.05, 0.1) is 12.1 Å². The van der Waals surface area contributed by atoms with Crippen LogP contribution in [0.25, 0.3) is 0 Å². The first-order valence-electron chi connectivity index (χ1n) is 4.37. The lowest BCUT2D eigenvalue weighted by molar-refractivity contribution is -0.142. The van der Waals surface area contributed by atoms with E-state index in [1.807, 2.05) is 6.92 Å². The topological polar surface area (TPSA) is 66.6 Å². The van der Waals surface area contributed by atoms with Crippen molar-refractivity contribution in [3.05, 3.63) is 0 Å². The smallest absolute Gasteiger partial charge is 0.239 e. The zero-order valence-corrected chi connectivity index (χ0v) is 7.36. The molecule has 1 atom stereocenters. The lowest BCUT2D eigenvalue weighted by Gasteiger charge is -2.37. The third-order valence-electron chi connectivity index (χ3n) is 2.09. The number of aliphatic hydroxyl groups is 1. The van der Waals surface area contributed by atoms with Crippen LogP contribution >= 0.6 is 0 Å². The average Bonchev–Trinajstić information content (AvgIpc) is 1.98. The lowest BCUT2D eigenvalue weighted by Crippen LogP contribution is -2.57. The van der Waals surface area contributed by atoms with E-state index in [2.05, 4.69) is 0 Å². The number of aliphatic hydroxyl groups excluding tert-OH is 1. The summed E-state index contributed by atoms with van der Waals surface area (Å²) in [6.45, 7) is 2.91. The van der Waals surface area contributed by atoms with E-state index in [0.717, 1.165) is 12.8 Å². The van der Waals surface area contributed by atoms with Crippen molar-refractivity contribution in [2.45, 2.75) is 31.9 Å². The second-order valence-corrected chi connectivity index (χ2v) is 3.29. The van der Waals surface area contributed by atoms with Gasteiger partial charge in [-0.1, -0.05) is 13.3 Å². The Bertz CT molecular complexity index is 160. The van der Waals surface area contributed by atoms with Crippen LogP contribution in [0.2, 0.25) is 0 Å². The van der Waals surface area contributed by atoms with E-state index in [1.165, 1.54) is 0 Å². The van der Waals surface area contributed by atoms with Gasteiger partial charge in [-0.3, -0.25) is 4.79 Å². The molecule has 0 aliphatic carbocycles. The number of amides is 1. The van der Waals surface area contributed by atoms with Crippen LogP contribution in [-0.2, 0) is 4.79 Å². The monoisotopic (exact) mass is 172 g/mol. The predicted molar refractivity (Wildman–Crippen MR) is 45.5 cm³/mol. The Morgan fingerprint density at radius 1 is 1.75 bits per heavy atom. The van der Waals surface area contributed by atoms with Gasteiger partial charge in [-0.2, -0.15) is 0 Å². The highest BCUT2D eigenvalue weighted by molar-refractivity contribution is 5.82. The van der Waals surface area contributed by atoms with Crippen LogP contribution in [0.3, 0.4) is 0 Å². The minimum absolute atomic E-state index is 0.0258. The van der Waals surface area contributed by atoms with Gasteiger partial charge in [-0.25, -0.2) is 0 Å². The van der Waals surface area contributed by atoms with Gasteiger partial charge in [0.1, 0.15) is 0 Å². The van der Waals surface area contributed by atoms with Crippen LogP contribution in [0.1, 0.15) is 19.8 Å². The molecule has 4 nitrogen and oxygen atoms in total. The van der Waals surface area contributed by atoms with Crippen LogP contribution in [0.4, 0.5) is 0 Å². The molecule has 0 aromatic heterocycles. The highest BCUT2D eigenvalue weighted by Gasteiger charge is 2.31. The molecule has 0 aromatic rings. The summed E-state index contributed by atoms with van der Waals surface area (Å²) in [5, 5.41) is 8.94. The quantitative estimate of drug-likeness (QED) is 0.592. The van der Waals surface area contributed by atoms with Crippen molar-refractivity contribution in [2.75, 3.05) is 13.1 Å². The number of likely N-dealkylation sites (tertiary alicyclic amines) is 1. The zero-order valence-electron chi connectivity index (χ0n) is 7.36. The van der Waals surface area contributed by atoms with Crippen molar-refractivity contribution in [3.8, 4) is 0 Å². The van der Waals surface area contributed by atoms with Gasteiger partial charge in [0.2, 0.25) is 5.91 Å². The van der Waals surface area contributed by atoms with E-state index in [1.54, 1.807) is 4.90 Å². The van der Waals surface area contributed by atoms with Gasteiger partial charge in [-0.15, -0.1) is 0 Å². The molecule has 1 aliphatic rings. The normalized spacial score (nSPS) is 20.4. The molecule has 0 unspecified atom stereocenters. The average molecular weight is 172 g/mol. The molecule has 0 radical (unpaired) electrons. The van der Waals surface area contributed by atoms with Crippen LogP contribution in [0.5, 0.6) is 0 Å². The first-order valence-corrected chi connectivity index (χ1v) is 4.37. The summed E-state index contributed by atoms with van der Waals surface area (Å²) in [5.74, 6) is -0.0258. The van der Waals surface area contributed by atoms with Gasteiger partial charge < -0.3 is 15.7 Å². The molecular formula is C8H16N2O2. The predicted octanol–water partition coefficient (Wildman–Crippen LogP) is -0.683. The van der Waals surface area contributed by atoms with Crippen molar-refractivity contribution in [1.29, 1.82) is 0 Å². The van der Waals surface area contributed by atoms with Crippen LogP contribution in [-0.4, -0.2) is 41.1 Å². The number of carbonyl (C=O) groups excluding carboxylic acids is 1. The van der Waals surface area contributed by atoms with Crippen LogP contribution < -0.4 is 5.73 Å². The van der Waals surface area contributed by atoms with Gasteiger partial charge in [0.25, 0.3) is 0 Å². The largest absolute Gasteiger partial charge is 0.389 e. The second-order valence-electron chi connectivity index (χ2n) is 3.29. The molecule has 12 heavy (non-hydrogen) atoms. The number of β-amino-alcohol motifs (C(OH)–C–C–N with tert-alkyl or cyclic N) is 1. The SMILES string of the molecule is CCC[C@@H](N)C(=O)N1CC(O)C1. The number of nitrogens with two attached hydrogens (primary N) is 1. The number of hydrogen-bond acceptors (Lipinski definition) is 3. The Hall–Kier alpha value is -0.610. The Labute approximate surface area is 72.3 Å². The maximum Gasteiger partial charge on any atom is 0.239 e. The van der Waals surface area contributed by atoms with Crippen molar-refractivity contribution >= 4 is 5.91 Å². The lowest BCUT2D eigenvalue weighted by atomic mass is 10.1. The molecule has 1 aliphatic heterocycles. The standard InChI is InChI=1S/C8H16N2O2/c1-2-3-7(9)8(12)10-4-6(11)5-10/h6-7,11H,2-5,9H2,1H3/t7-/m1/s1. The maximum absolute atomic E-state index is 11.4. The fourth-order valence-electron chi connectivity index (χ4n) is 1.30. The molecule has 1 rings (SSSR count). The van der Waals surface area contributed by atoms with Gasteiger partial charge in [-0.05, 0) is 6.42 Å². The molecule has 1 amide bonds. The summed E-state index contributed by atoms with van der Waals surface area (Å²) >= 11 is 0. The molecule has 0 aromatic carbocycles. The summed E-state index contributed by atoms with van der Waals surface area (Å²) in [6, 6.07) is -0.373. The van der Waals surface area contributed by atoms with Crippen molar-refractivity contribution in [2.24, 2.45) is 5.73 Å². The highest BCUT2D eigenvalue weighted by Crippen LogP contribution is 2.10. The number of carbonyl (C=O) groups is 1. The minimum Gasteiger partial charge on any atom is -0.389 e. The third kappa shape index (κ3) is 1.95. The number of hydrogen-bond donors (Lipinski definition) is 2. The van der Waals surface area contributed by atoms with E-state index < -0.39 is 0 Å². The molecule has 0 spiro atoms. The molecule has 4 heteroatoms. The first-order chi connectivity index (χ1) is 5.65. The van der Waals surface area contributed by atoms with E-state index >= 15 is 0 Å². The van der Waals surface area contributed by atoms with Crippen molar-refractivity contribution < 1.29 is 9.90 Å². The highest BCUT2D eigenvalue weighted by atomic mass is 16.3. The van der Waals surface area contributed by atoms with E-state index in [9.17, 15) is 4.79 Å². The summed E-state index contributed by atoms with van der Waals surface area (Å²) in [5.41, 5.74) is 5.61. The van der Waals surface area contributed by atoms with Gasteiger partial charge in [0.15, 0.2) is 0 Å². The molecular weight excluding hydrogens is 156 g/mol. The molecule has 0 saturated carbocycles. The fraction of sp³-hybridized carbons (Fsp3) is 0.875. The molecule has 3 N–H and O–H groups in total. The van der Waals surface area contributed by atoms with Crippen molar-refractivity contribution in [3.63, 3.8) is 0 Å². The Kier molecular flexibility index (Phi) is 3.05. The van der Waals surface area contributed by atoms with Crippen LogP contribution in [0.15, 0.2) is 0 Å². The number of rotatable bonds is 3. The summed E-state index contributed by atoms with van der Waals surface area (Å²) in [7, 11) is 0. The molecule has 1 fully saturated rings. The summed E-state index contributed by atoms with van der Waals surface area (Å²) < 4.78 is 0. The van der Waals surface area contributed by atoms with E-state index in [-0.39, 0.29) is 18.1 Å². The molecule has 70 valence electrons. The second kappa shape index (κ2) is 3.87. The molecule has 0 bridgehead atoms. The molecule has 1 heterocycles. The van der Waals surface area contributed by atoms with E-state index in [4.69, 9.17) is 10.8 Å². The third-order valence-corrected chi connectivity index (χ3v) is 2.09. The summed E-state index contributed by atoms with van der Waals surface area (Å²) in [4.78, 5) is 13.0. The zero-order chi connectivity index (χ0) is 9.14. The Balaban J connectivity index is 2.28. The maximum atomic E-state index is 11.4. The van der Waals surface area contributed by atoms with Gasteiger partial charge >= 0.3 is 0 Å². The van der Waals surface area contributed by atoms with E-state index in [0.29, 0.717) is 13.1 Å². The first kappa shape index (κ1) is 9.48. The number of nitrogens with zero attached hydrogens (tertiary/aromatic N) is 1. The Morgan fingerprint density at radius 3 is 2.75 bits per heavy atom. The van der Waals surface area contributed by atoms with Crippen molar-refractivity contribution in [1.82, 2.24) is 4.90 Å². The molecule has 1 saturated heterocycles. The van der Waals surface area contributed by atoms with Gasteiger partial charge in [0, 0.05) is 13.1 Å². The Morgan fingerprint density at radius 2 is 2.33 bits per heavy atom. The van der Waals surface area contributed by atoms with Crippen LogP contribution in [0, 0.1) is 0 Å². The summed E-state index contributed by atoms with van der Waals surface area (Å²) in [6.07, 6.45) is 1.32.